The molecule has 0 aliphatic carbocycles. The molecule has 2 unspecified atom stereocenters. The lowest BCUT2D eigenvalue weighted by Crippen LogP contribution is -2.43. The Morgan fingerprint density at radius 2 is 1.74 bits per heavy atom. The second kappa shape index (κ2) is 7.51. The summed E-state index contributed by atoms with van der Waals surface area (Å²) in [5.41, 5.74) is 3.15. The summed E-state index contributed by atoms with van der Waals surface area (Å²) in [6.07, 6.45) is 2.71. The van der Waals surface area contributed by atoms with E-state index >= 15 is 0 Å². The fraction of sp³-hybridized carbons (Fsp3) is 0.391. The molecular formula is C23H26N2OS. The monoisotopic (exact) mass is 378 g/mol. The van der Waals surface area contributed by atoms with E-state index in [1.54, 1.807) is 0 Å². The maximum absolute atomic E-state index is 13.4. The zero-order chi connectivity index (χ0) is 18.9. The molecule has 1 saturated heterocycles. The summed E-state index contributed by atoms with van der Waals surface area (Å²) in [5, 5.41) is 6.71. The van der Waals surface area contributed by atoms with Crippen molar-refractivity contribution in [3.63, 3.8) is 0 Å². The van der Waals surface area contributed by atoms with E-state index in [2.05, 4.69) is 38.1 Å². The third-order valence-electron chi connectivity index (χ3n) is 5.44. The Balaban J connectivity index is 1.66. The third kappa shape index (κ3) is 3.96. The molecule has 0 saturated carbocycles. The normalized spacial score (nSPS) is 24.7. The highest BCUT2D eigenvalue weighted by molar-refractivity contribution is 8.00. The molecule has 0 N–H and O–H groups in total. The van der Waals surface area contributed by atoms with Crippen molar-refractivity contribution in [2.24, 2.45) is 11.0 Å². The van der Waals surface area contributed by atoms with Crippen LogP contribution in [0, 0.1) is 5.92 Å². The average molecular weight is 379 g/mol. The van der Waals surface area contributed by atoms with E-state index < -0.39 is 0 Å². The van der Waals surface area contributed by atoms with Crippen LogP contribution in [-0.4, -0.2) is 33.2 Å². The van der Waals surface area contributed by atoms with Gasteiger partial charge in [-0.05, 0) is 36.1 Å². The van der Waals surface area contributed by atoms with E-state index in [1.165, 1.54) is 5.56 Å². The summed E-state index contributed by atoms with van der Waals surface area (Å²) in [6.45, 7) is 4.54. The van der Waals surface area contributed by atoms with Crippen molar-refractivity contribution in [3.8, 4) is 0 Å². The van der Waals surface area contributed by atoms with Crippen LogP contribution in [0.25, 0.3) is 0 Å². The number of hydrogen-bond donors (Lipinski definition) is 0. The SMILES string of the molecule is CC1(C)CC(N2N=C(c3ccccc3)C(Cc3ccccc3)C2=O)CCS1. The van der Waals surface area contributed by atoms with E-state index in [1.807, 2.05) is 53.2 Å². The minimum atomic E-state index is -0.201. The van der Waals surface area contributed by atoms with Crippen LogP contribution in [0.15, 0.2) is 65.8 Å². The number of rotatable bonds is 4. The fourth-order valence-corrected chi connectivity index (χ4v) is 5.34. The molecule has 0 bridgehead atoms. The Bertz CT molecular complexity index is 832. The van der Waals surface area contributed by atoms with Gasteiger partial charge in [0.2, 0.25) is 0 Å². The topological polar surface area (TPSA) is 32.7 Å². The summed E-state index contributed by atoms with van der Waals surface area (Å²) < 4.78 is 0.198. The van der Waals surface area contributed by atoms with Crippen molar-refractivity contribution in [1.82, 2.24) is 5.01 Å². The number of thioether (sulfide) groups is 1. The zero-order valence-corrected chi connectivity index (χ0v) is 16.8. The Morgan fingerprint density at radius 3 is 2.41 bits per heavy atom. The van der Waals surface area contributed by atoms with Crippen molar-refractivity contribution in [2.75, 3.05) is 5.75 Å². The lowest BCUT2D eigenvalue weighted by atomic mass is 9.90. The van der Waals surface area contributed by atoms with Crippen LogP contribution in [0.3, 0.4) is 0 Å². The highest BCUT2D eigenvalue weighted by Crippen LogP contribution is 2.39. The summed E-state index contributed by atoms with van der Waals surface area (Å²) in [5.74, 6) is 1.04. The molecular weight excluding hydrogens is 352 g/mol. The van der Waals surface area contributed by atoms with Crippen LogP contribution < -0.4 is 0 Å². The molecule has 3 nitrogen and oxygen atoms in total. The molecule has 2 aromatic carbocycles. The number of benzene rings is 2. The third-order valence-corrected chi connectivity index (χ3v) is 6.83. The van der Waals surface area contributed by atoms with Crippen molar-refractivity contribution in [1.29, 1.82) is 0 Å². The van der Waals surface area contributed by atoms with Gasteiger partial charge in [0.1, 0.15) is 0 Å². The molecule has 0 spiro atoms. The van der Waals surface area contributed by atoms with E-state index in [9.17, 15) is 4.79 Å². The van der Waals surface area contributed by atoms with Crippen LogP contribution in [0.4, 0.5) is 0 Å². The van der Waals surface area contributed by atoms with Gasteiger partial charge >= 0.3 is 0 Å². The summed E-state index contributed by atoms with van der Waals surface area (Å²) in [6, 6.07) is 20.6. The molecule has 0 aromatic heterocycles. The van der Waals surface area contributed by atoms with Crippen molar-refractivity contribution in [3.05, 3.63) is 71.8 Å². The molecule has 2 aliphatic heterocycles. The quantitative estimate of drug-likeness (QED) is 0.768. The summed E-state index contributed by atoms with van der Waals surface area (Å²) in [4.78, 5) is 13.4. The van der Waals surface area contributed by atoms with Crippen molar-refractivity contribution < 1.29 is 4.79 Å². The number of hydrogen-bond acceptors (Lipinski definition) is 3. The molecule has 2 aliphatic rings. The molecule has 4 rings (SSSR count). The first-order chi connectivity index (χ1) is 13.0. The predicted molar refractivity (Wildman–Crippen MR) is 113 cm³/mol. The van der Waals surface area contributed by atoms with Crippen LogP contribution in [0.1, 0.15) is 37.8 Å². The Morgan fingerprint density at radius 1 is 1.07 bits per heavy atom. The molecule has 0 radical (unpaired) electrons. The predicted octanol–water partition coefficient (Wildman–Crippen LogP) is 4.77. The van der Waals surface area contributed by atoms with Gasteiger partial charge in [0.15, 0.2) is 0 Å². The van der Waals surface area contributed by atoms with Gasteiger partial charge in [-0.1, -0.05) is 74.5 Å². The average Bonchev–Trinajstić information content (AvgIpc) is 2.99. The molecule has 2 atom stereocenters. The van der Waals surface area contributed by atoms with Crippen molar-refractivity contribution in [2.45, 2.75) is 43.9 Å². The largest absolute Gasteiger partial charge is 0.272 e. The standard InChI is InChI=1S/C23H26N2OS/c1-23(2)16-19(13-14-27-23)25-22(26)20(15-17-9-5-3-6-10-17)21(24-25)18-11-7-4-8-12-18/h3-12,19-20H,13-16H2,1-2H3. The highest BCUT2D eigenvalue weighted by atomic mass is 32.2. The van der Waals surface area contributed by atoms with E-state index in [0.29, 0.717) is 6.42 Å². The molecule has 4 heteroatoms. The second-order valence-corrected chi connectivity index (χ2v) is 9.83. The maximum atomic E-state index is 13.4. The molecule has 27 heavy (non-hydrogen) atoms. The Labute approximate surface area is 165 Å². The molecule has 2 heterocycles. The van der Waals surface area contributed by atoms with Gasteiger partial charge in [0.25, 0.3) is 5.91 Å². The first-order valence-electron chi connectivity index (χ1n) is 9.68. The van der Waals surface area contributed by atoms with E-state index in [-0.39, 0.29) is 22.6 Å². The second-order valence-electron chi connectivity index (χ2n) is 8.03. The number of carbonyl (C=O) groups excluding carboxylic acids is 1. The lowest BCUT2D eigenvalue weighted by molar-refractivity contribution is -0.134. The van der Waals surface area contributed by atoms with Gasteiger partial charge in [0.05, 0.1) is 17.7 Å². The van der Waals surface area contributed by atoms with Crippen molar-refractivity contribution >= 4 is 23.4 Å². The zero-order valence-electron chi connectivity index (χ0n) is 16.0. The molecule has 1 fully saturated rings. The number of nitrogens with zero attached hydrogens (tertiary/aromatic N) is 2. The van der Waals surface area contributed by atoms with Crippen LogP contribution in [0.5, 0.6) is 0 Å². The molecule has 140 valence electrons. The molecule has 2 aromatic rings. The van der Waals surface area contributed by atoms with E-state index in [4.69, 9.17) is 5.10 Å². The van der Waals surface area contributed by atoms with Gasteiger partial charge < -0.3 is 0 Å². The smallest absolute Gasteiger partial charge is 0.252 e. The van der Waals surface area contributed by atoms with Crippen LogP contribution in [-0.2, 0) is 11.2 Å². The van der Waals surface area contributed by atoms with Crippen LogP contribution >= 0.6 is 11.8 Å². The summed E-state index contributed by atoms with van der Waals surface area (Å²) in [7, 11) is 0. The van der Waals surface area contributed by atoms with Crippen LogP contribution in [0.2, 0.25) is 0 Å². The number of amides is 1. The lowest BCUT2D eigenvalue weighted by Gasteiger charge is -2.37. The number of carbonyl (C=O) groups is 1. The highest BCUT2D eigenvalue weighted by Gasteiger charge is 2.42. The fourth-order valence-electron chi connectivity index (χ4n) is 4.08. The minimum absolute atomic E-state index is 0.158. The van der Waals surface area contributed by atoms with Gasteiger partial charge in [-0.15, -0.1) is 0 Å². The summed E-state index contributed by atoms with van der Waals surface area (Å²) >= 11 is 2.00. The molecule has 1 amide bonds. The number of hydrazone groups is 1. The van der Waals surface area contributed by atoms with Gasteiger partial charge in [-0.3, -0.25) is 4.79 Å². The first-order valence-corrected chi connectivity index (χ1v) is 10.7. The first kappa shape index (κ1) is 18.3. The Kier molecular flexibility index (Phi) is 5.09. The van der Waals surface area contributed by atoms with Gasteiger partial charge in [-0.25, -0.2) is 5.01 Å². The van der Waals surface area contributed by atoms with Gasteiger partial charge in [-0.2, -0.15) is 16.9 Å². The Hall–Kier alpha value is -2.07. The van der Waals surface area contributed by atoms with E-state index in [0.717, 1.165) is 29.9 Å². The van der Waals surface area contributed by atoms with Gasteiger partial charge in [0, 0.05) is 4.75 Å². The minimum Gasteiger partial charge on any atom is -0.272 e. The maximum Gasteiger partial charge on any atom is 0.252 e.